The van der Waals surface area contributed by atoms with Crippen molar-refractivity contribution >= 4 is 21.9 Å². The number of carbonyl (C=O) groups excluding carboxylic acids is 2. The zero-order chi connectivity index (χ0) is 20.1. The third kappa shape index (κ3) is 4.72. The molecule has 2 aliphatic heterocycles. The average Bonchev–Trinajstić information content (AvgIpc) is 2.72. The van der Waals surface area contributed by atoms with Gasteiger partial charge in [0.2, 0.25) is 10.0 Å². The van der Waals surface area contributed by atoms with Gasteiger partial charge in [-0.2, -0.15) is 4.31 Å². The first-order valence-electron chi connectivity index (χ1n) is 9.96. The molecule has 28 heavy (non-hydrogen) atoms. The van der Waals surface area contributed by atoms with Crippen LogP contribution in [0.2, 0.25) is 0 Å². The highest BCUT2D eigenvalue weighted by molar-refractivity contribution is 7.89. The van der Waals surface area contributed by atoms with Crippen molar-refractivity contribution in [2.45, 2.75) is 56.4 Å². The van der Waals surface area contributed by atoms with E-state index in [1.165, 1.54) is 28.6 Å². The van der Waals surface area contributed by atoms with E-state index >= 15 is 0 Å². The second-order valence-electron chi connectivity index (χ2n) is 7.50. The first kappa shape index (κ1) is 20.8. The van der Waals surface area contributed by atoms with Crippen molar-refractivity contribution in [3.05, 3.63) is 29.8 Å². The summed E-state index contributed by atoms with van der Waals surface area (Å²) in [6.07, 6.45) is 5.83. The van der Waals surface area contributed by atoms with E-state index in [0.717, 1.165) is 38.5 Å². The smallest absolute Gasteiger partial charge is 0.338 e. The maximum atomic E-state index is 12.8. The summed E-state index contributed by atoms with van der Waals surface area (Å²) in [4.78, 5) is 26.2. The Hall–Kier alpha value is -1.93. The lowest BCUT2D eigenvalue weighted by molar-refractivity contribution is -0.135. The highest BCUT2D eigenvalue weighted by Gasteiger charge is 2.31. The van der Waals surface area contributed by atoms with Crippen molar-refractivity contribution in [1.29, 1.82) is 0 Å². The zero-order valence-corrected chi connectivity index (χ0v) is 17.1. The van der Waals surface area contributed by atoms with Crippen LogP contribution in [0.15, 0.2) is 29.2 Å². The molecule has 154 valence electrons. The standard InChI is InChI=1S/C20H28N2O5S/c1-16-7-3-6-14-22(16)28(25,26)18-10-8-17(9-11-18)20(24)27-15-19(23)21-12-4-2-5-13-21/h8-11,16H,2-7,12-15H2,1H3/t16-/m1/s1. The molecule has 0 saturated carbocycles. The number of esters is 1. The molecule has 3 rings (SSSR count). The summed E-state index contributed by atoms with van der Waals surface area (Å²) < 4.78 is 32.3. The van der Waals surface area contributed by atoms with Crippen LogP contribution in [-0.4, -0.2) is 61.8 Å². The first-order chi connectivity index (χ1) is 13.4. The fourth-order valence-electron chi connectivity index (χ4n) is 3.77. The molecule has 1 aromatic carbocycles. The van der Waals surface area contributed by atoms with Crippen molar-refractivity contribution in [3.63, 3.8) is 0 Å². The molecule has 2 aliphatic rings. The van der Waals surface area contributed by atoms with Crippen LogP contribution in [0, 0.1) is 0 Å². The topological polar surface area (TPSA) is 84.0 Å². The number of rotatable bonds is 5. The summed E-state index contributed by atoms with van der Waals surface area (Å²) in [5.74, 6) is -0.813. The third-order valence-electron chi connectivity index (χ3n) is 5.47. The molecule has 8 heteroatoms. The number of hydrogen-bond donors (Lipinski definition) is 0. The van der Waals surface area contributed by atoms with Crippen LogP contribution in [0.3, 0.4) is 0 Å². The Labute approximate surface area is 166 Å². The number of benzene rings is 1. The largest absolute Gasteiger partial charge is 0.452 e. The van der Waals surface area contributed by atoms with E-state index in [4.69, 9.17) is 4.74 Å². The molecule has 0 bridgehead atoms. The highest BCUT2D eigenvalue weighted by atomic mass is 32.2. The first-order valence-corrected chi connectivity index (χ1v) is 11.4. The molecule has 1 atom stereocenters. The van der Waals surface area contributed by atoms with Crippen molar-refractivity contribution in [3.8, 4) is 0 Å². The molecule has 1 amide bonds. The quantitative estimate of drug-likeness (QED) is 0.699. The SMILES string of the molecule is C[C@@H]1CCCCN1S(=O)(=O)c1ccc(C(=O)OCC(=O)N2CCCCC2)cc1. The second-order valence-corrected chi connectivity index (χ2v) is 9.39. The summed E-state index contributed by atoms with van der Waals surface area (Å²) in [7, 11) is -3.57. The molecule has 1 aromatic rings. The Kier molecular flexibility index (Phi) is 6.72. The summed E-state index contributed by atoms with van der Waals surface area (Å²) in [5, 5.41) is 0. The molecule has 7 nitrogen and oxygen atoms in total. The lowest BCUT2D eigenvalue weighted by Gasteiger charge is -2.32. The molecule has 0 N–H and O–H groups in total. The predicted octanol–water partition coefficient (Wildman–Crippen LogP) is 2.42. The minimum Gasteiger partial charge on any atom is -0.452 e. The van der Waals surface area contributed by atoms with E-state index in [0.29, 0.717) is 19.6 Å². The fraction of sp³-hybridized carbons (Fsp3) is 0.600. The van der Waals surface area contributed by atoms with Gasteiger partial charge in [0.15, 0.2) is 6.61 Å². The molecule has 2 saturated heterocycles. The molecule has 0 unspecified atom stereocenters. The number of sulfonamides is 1. The second kappa shape index (κ2) is 9.05. The summed E-state index contributed by atoms with van der Waals surface area (Å²) in [6, 6.07) is 5.72. The summed E-state index contributed by atoms with van der Waals surface area (Å²) >= 11 is 0. The lowest BCUT2D eigenvalue weighted by Crippen LogP contribution is -2.41. The van der Waals surface area contributed by atoms with Crippen LogP contribution >= 0.6 is 0 Å². The van der Waals surface area contributed by atoms with Gasteiger partial charge in [-0.25, -0.2) is 13.2 Å². The van der Waals surface area contributed by atoms with Crippen molar-refractivity contribution in [2.24, 2.45) is 0 Å². The van der Waals surface area contributed by atoms with Crippen LogP contribution in [0.5, 0.6) is 0 Å². The predicted molar refractivity (Wildman–Crippen MR) is 104 cm³/mol. The van der Waals surface area contributed by atoms with Crippen LogP contribution < -0.4 is 0 Å². The van der Waals surface area contributed by atoms with E-state index < -0.39 is 16.0 Å². The Bertz CT molecular complexity index is 800. The maximum Gasteiger partial charge on any atom is 0.338 e. The number of piperidine rings is 2. The molecule has 0 aromatic heterocycles. The van der Waals surface area contributed by atoms with E-state index in [-0.39, 0.29) is 29.0 Å². The minimum absolute atomic E-state index is 0.0239. The van der Waals surface area contributed by atoms with Gasteiger partial charge in [-0.3, -0.25) is 4.79 Å². The molecule has 2 fully saturated rings. The number of nitrogens with zero attached hydrogens (tertiary/aromatic N) is 2. The number of carbonyl (C=O) groups is 2. The number of hydrogen-bond acceptors (Lipinski definition) is 5. The molecular formula is C20H28N2O5S. The van der Waals surface area contributed by atoms with E-state index in [9.17, 15) is 18.0 Å². The third-order valence-corrected chi connectivity index (χ3v) is 7.50. The number of amides is 1. The van der Waals surface area contributed by atoms with Crippen LogP contribution in [0.1, 0.15) is 55.8 Å². The summed E-state index contributed by atoms with van der Waals surface area (Å²) in [6.45, 7) is 3.56. The maximum absolute atomic E-state index is 12.8. The van der Waals surface area contributed by atoms with Gasteiger partial charge >= 0.3 is 5.97 Å². The van der Waals surface area contributed by atoms with Gasteiger partial charge in [-0.05, 0) is 63.3 Å². The van der Waals surface area contributed by atoms with Crippen LogP contribution in [0.4, 0.5) is 0 Å². The van der Waals surface area contributed by atoms with Crippen molar-refractivity contribution < 1.29 is 22.7 Å². The Balaban J connectivity index is 1.60. The normalized spacial score (nSPS) is 21.3. The van der Waals surface area contributed by atoms with Crippen molar-refractivity contribution in [1.82, 2.24) is 9.21 Å². The van der Waals surface area contributed by atoms with E-state index in [2.05, 4.69) is 0 Å². The van der Waals surface area contributed by atoms with E-state index in [1.807, 2.05) is 6.92 Å². The monoisotopic (exact) mass is 408 g/mol. The molecule has 0 aliphatic carbocycles. The van der Waals surface area contributed by atoms with Crippen LogP contribution in [0.25, 0.3) is 0 Å². The van der Waals surface area contributed by atoms with Gasteiger partial charge in [-0.15, -0.1) is 0 Å². The number of likely N-dealkylation sites (tertiary alicyclic amines) is 1. The Morgan fingerprint density at radius 1 is 1.00 bits per heavy atom. The molecule has 2 heterocycles. The van der Waals surface area contributed by atoms with Gasteiger partial charge in [-0.1, -0.05) is 6.42 Å². The summed E-state index contributed by atoms with van der Waals surface area (Å²) in [5.41, 5.74) is 0.233. The highest BCUT2D eigenvalue weighted by Crippen LogP contribution is 2.25. The Morgan fingerprint density at radius 3 is 2.29 bits per heavy atom. The van der Waals surface area contributed by atoms with Gasteiger partial charge in [0.1, 0.15) is 0 Å². The van der Waals surface area contributed by atoms with Gasteiger partial charge < -0.3 is 9.64 Å². The molecular weight excluding hydrogens is 380 g/mol. The zero-order valence-electron chi connectivity index (χ0n) is 16.3. The molecule has 0 radical (unpaired) electrons. The minimum atomic E-state index is -3.57. The Morgan fingerprint density at radius 2 is 1.64 bits per heavy atom. The van der Waals surface area contributed by atoms with E-state index in [1.54, 1.807) is 4.90 Å². The fourth-order valence-corrected chi connectivity index (χ4v) is 5.47. The van der Waals surface area contributed by atoms with Crippen LogP contribution in [-0.2, 0) is 19.6 Å². The molecule has 0 spiro atoms. The van der Waals surface area contributed by atoms with Gasteiger partial charge in [0.05, 0.1) is 10.5 Å². The van der Waals surface area contributed by atoms with Crippen molar-refractivity contribution in [2.75, 3.05) is 26.2 Å². The lowest BCUT2D eigenvalue weighted by atomic mass is 10.1. The average molecular weight is 409 g/mol. The van der Waals surface area contributed by atoms with Gasteiger partial charge in [0.25, 0.3) is 5.91 Å². The number of ether oxygens (including phenoxy) is 1. The van der Waals surface area contributed by atoms with Gasteiger partial charge in [0, 0.05) is 25.7 Å².